The van der Waals surface area contributed by atoms with Crippen molar-refractivity contribution in [3.8, 4) is 22.5 Å². The molecule has 0 amide bonds. The topological polar surface area (TPSA) is 9.86 Å². The minimum Gasteiger partial charge on any atom is -0.309 e. The summed E-state index contributed by atoms with van der Waals surface area (Å²) >= 11 is 0. The number of halogens is 5. The van der Waals surface area contributed by atoms with Crippen LogP contribution in [0.2, 0.25) is 0 Å². The van der Waals surface area contributed by atoms with Crippen molar-refractivity contribution in [1.82, 2.24) is 9.13 Å². The number of alkyl halides is 3. The van der Waals surface area contributed by atoms with E-state index in [1.807, 2.05) is 48.5 Å². The molecule has 2 heterocycles. The molecule has 2 aromatic heterocycles. The monoisotopic (exact) mass is 812 g/mol. The lowest BCUT2D eigenvalue weighted by Crippen LogP contribution is -2.13. The zero-order valence-corrected chi connectivity index (χ0v) is 36.6. The third-order valence-corrected chi connectivity index (χ3v) is 12.1. The maximum Gasteiger partial charge on any atom is 0.416 e. The molecule has 2 nitrogen and oxygen atoms in total. The molecule has 0 fully saturated rings. The van der Waals surface area contributed by atoms with Gasteiger partial charge in [0.1, 0.15) is 11.6 Å². The zero-order valence-electron chi connectivity index (χ0n) is 36.6. The Bertz CT molecular complexity index is 2680. The van der Waals surface area contributed by atoms with E-state index in [0.717, 1.165) is 68.1 Å². The molecule has 0 unspecified atom stereocenters. The lowest BCUT2D eigenvalue weighted by Gasteiger charge is -2.24. The first-order valence-electron chi connectivity index (χ1n) is 20.6. The van der Waals surface area contributed by atoms with Crippen LogP contribution in [0, 0.1) is 11.6 Å². The summed E-state index contributed by atoms with van der Waals surface area (Å²) in [5.74, 6) is -1.76. The van der Waals surface area contributed by atoms with E-state index in [1.165, 1.54) is 6.07 Å². The average Bonchev–Trinajstić information content (AvgIpc) is 3.64. The van der Waals surface area contributed by atoms with Crippen molar-refractivity contribution < 1.29 is 22.0 Å². The number of nitrogens with zero attached hydrogens (tertiary/aromatic N) is 2. The van der Waals surface area contributed by atoms with Gasteiger partial charge in [0.05, 0.1) is 44.6 Å². The molecule has 60 heavy (non-hydrogen) atoms. The maximum absolute atomic E-state index is 16.6. The van der Waals surface area contributed by atoms with Gasteiger partial charge in [-0.1, -0.05) is 113 Å². The van der Waals surface area contributed by atoms with Gasteiger partial charge in [0.25, 0.3) is 0 Å². The summed E-state index contributed by atoms with van der Waals surface area (Å²) in [5, 5.41) is 3.35. The second kappa shape index (κ2) is 13.5. The number of aromatic nitrogens is 2. The molecule has 310 valence electrons. The summed E-state index contributed by atoms with van der Waals surface area (Å²) in [4.78, 5) is 0. The second-order valence-corrected chi connectivity index (χ2v) is 20.6. The van der Waals surface area contributed by atoms with Gasteiger partial charge in [-0.25, -0.2) is 8.78 Å². The first-order valence-corrected chi connectivity index (χ1v) is 20.6. The summed E-state index contributed by atoms with van der Waals surface area (Å²) in [6, 6.07) is 29.8. The Balaban J connectivity index is 1.63. The van der Waals surface area contributed by atoms with Crippen LogP contribution in [0.1, 0.15) is 111 Å². The number of rotatable bonds is 3. The highest BCUT2D eigenvalue weighted by molar-refractivity contribution is 6.12. The van der Waals surface area contributed by atoms with Crippen LogP contribution >= 0.6 is 0 Å². The number of benzene rings is 6. The summed E-state index contributed by atoms with van der Waals surface area (Å²) < 4.78 is 83.4. The highest BCUT2D eigenvalue weighted by Crippen LogP contribution is 2.48. The van der Waals surface area contributed by atoms with Crippen molar-refractivity contribution >= 4 is 43.6 Å². The van der Waals surface area contributed by atoms with Gasteiger partial charge in [0.2, 0.25) is 0 Å². The Morgan fingerprint density at radius 1 is 0.350 bits per heavy atom. The molecule has 7 heteroatoms. The lowest BCUT2D eigenvalue weighted by molar-refractivity contribution is -0.137. The molecule has 0 saturated heterocycles. The van der Waals surface area contributed by atoms with Crippen LogP contribution in [0.3, 0.4) is 0 Å². The molecule has 0 aliphatic heterocycles. The van der Waals surface area contributed by atoms with Crippen LogP contribution in [0.5, 0.6) is 0 Å². The van der Waals surface area contributed by atoms with Crippen LogP contribution in [-0.4, -0.2) is 9.13 Å². The largest absolute Gasteiger partial charge is 0.416 e. The van der Waals surface area contributed by atoms with Gasteiger partial charge in [-0.15, -0.1) is 0 Å². The van der Waals surface area contributed by atoms with E-state index in [1.54, 1.807) is 9.13 Å². The molecule has 0 radical (unpaired) electrons. The number of fused-ring (bicyclic) bond motifs is 6. The summed E-state index contributed by atoms with van der Waals surface area (Å²) in [7, 11) is 0. The SMILES string of the molecule is CC(C)(C)c1ccc2c(c1)c1cc(C(C)(C)C)ccc1n2-c1cc(C(F)(F)F)cc(-n2c3ccc(C(C)(C)C)cc3c3cc(C(C)(C)C)ccc32)c1-c1c(F)cccc1F. The Kier molecular flexibility index (Phi) is 9.32. The third kappa shape index (κ3) is 6.88. The molecule has 0 aliphatic carbocycles. The molecule has 0 N–H and O–H groups in total. The smallest absolute Gasteiger partial charge is 0.309 e. The second-order valence-electron chi connectivity index (χ2n) is 20.6. The minimum atomic E-state index is -4.81. The van der Waals surface area contributed by atoms with Crippen molar-refractivity contribution in [2.45, 2.75) is 111 Å². The van der Waals surface area contributed by atoms with Crippen LogP contribution < -0.4 is 0 Å². The Labute approximate surface area is 349 Å². The molecule has 0 aliphatic rings. The van der Waals surface area contributed by atoms with Gasteiger partial charge in [0, 0.05) is 27.1 Å². The molecule has 0 atom stereocenters. The number of hydrogen-bond acceptors (Lipinski definition) is 0. The minimum absolute atomic E-state index is 0.00999. The fourth-order valence-corrected chi connectivity index (χ4v) is 8.55. The van der Waals surface area contributed by atoms with Crippen LogP contribution in [0.25, 0.3) is 66.1 Å². The molecular weight excluding hydrogens is 760 g/mol. The van der Waals surface area contributed by atoms with E-state index in [9.17, 15) is 0 Å². The Hall–Kier alpha value is -5.43. The van der Waals surface area contributed by atoms with Crippen molar-refractivity contribution in [1.29, 1.82) is 0 Å². The van der Waals surface area contributed by atoms with E-state index in [2.05, 4.69) is 107 Å². The Morgan fingerprint density at radius 3 is 0.883 bits per heavy atom. The third-order valence-electron chi connectivity index (χ3n) is 12.1. The Morgan fingerprint density at radius 2 is 0.633 bits per heavy atom. The molecule has 8 aromatic rings. The van der Waals surface area contributed by atoms with Crippen molar-refractivity contribution in [2.75, 3.05) is 0 Å². The zero-order chi connectivity index (χ0) is 43.6. The molecule has 8 rings (SSSR count). The maximum atomic E-state index is 16.6. The van der Waals surface area contributed by atoms with Gasteiger partial charge < -0.3 is 9.13 Å². The molecule has 0 spiro atoms. The summed E-state index contributed by atoms with van der Waals surface area (Å²) in [6.45, 7) is 25.4. The van der Waals surface area contributed by atoms with Crippen molar-refractivity contribution in [3.05, 3.63) is 143 Å². The van der Waals surface area contributed by atoms with Gasteiger partial charge in [-0.2, -0.15) is 13.2 Å². The predicted octanol–water partition coefficient (Wildman–Crippen LogP) is 16.0. The van der Waals surface area contributed by atoms with E-state index in [-0.39, 0.29) is 38.6 Å². The van der Waals surface area contributed by atoms with Crippen LogP contribution in [-0.2, 0) is 27.8 Å². The first-order chi connectivity index (χ1) is 27.7. The number of hydrogen-bond donors (Lipinski definition) is 0. The molecule has 6 aromatic carbocycles. The average molecular weight is 813 g/mol. The van der Waals surface area contributed by atoms with Gasteiger partial charge in [-0.3, -0.25) is 0 Å². The quantitative estimate of drug-likeness (QED) is 0.157. The standard InChI is InChI=1S/C53H53F5N2/c1-49(2,3)30-16-20-41-35(24-30)36-25-31(50(4,5)6)17-21-42(36)59(41)45-28-34(53(56,57)58)29-46(48(45)47-39(54)14-13-15-40(47)55)60-43-22-18-32(51(7,8)9)26-37(43)38-27-33(52(10,11)12)19-23-44(38)60/h13-29H,1-12H3. The lowest BCUT2D eigenvalue weighted by atomic mass is 9.85. The van der Waals surface area contributed by atoms with Crippen molar-refractivity contribution in [3.63, 3.8) is 0 Å². The highest BCUT2D eigenvalue weighted by Gasteiger charge is 2.36. The normalized spacial score (nSPS) is 13.4. The fourth-order valence-electron chi connectivity index (χ4n) is 8.55. The van der Waals surface area contributed by atoms with Crippen LogP contribution in [0.15, 0.2) is 103 Å². The molecule has 0 bridgehead atoms. The van der Waals surface area contributed by atoms with Gasteiger partial charge in [-0.05, 0) is 117 Å². The predicted molar refractivity (Wildman–Crippen MR) is 240 cm³/mol. The van der Waals surface area contributed by atoms with Gasteiger partial charge >= 0.3 is 6.18 Å². The summed E-state index contributed by atoms with van der Waals surface area (Å²) in [6.07, 6.45) is -4.81. The molecular formula is C53H53F5N2. The first kappa shape index (κ1) is 41.3. The fraction of sp³-hybridized carbons (Fsp3) is 0.321. The van der Waals surface area contributed by atoms with E-state index < -0.39 is 28.9 Å². The van der Waals surface area contributed by atoms with E-state index >= 15 is 22.0 Å². The van der Waals surface area contributed by atoms with Crippen molar-refractivity contribution in [2.24, 2.45) is 0 Å². The van der Waals surface area contributed by atoms with E-state index in [0.29, 0.717) is 22.1 Å². The summed E-state index contributed by atoms with van der Waals surface area (Å²) in [5.41, 5.74) is 4.48. The molecule has 0 saturated carbocycles. The van der Waals surface area contributed by atoms with E-state index in [4.69, 9.17) is 0 Å². The van der Waals surface area contributed by atoms with Gasteiger partial charge in [0.15, 0.2) is 0 Å². The van der Waals surface area contributed by atoms with Crippen LogP contribution in [0.4, 0.5) is 22.0 Å². The highest BCUT2D eigenvalue weighted by atomic mass is 19.4.